The lowest BCUT2D eigenvalue weighted by Gasteiger charge is -2.19. The standard InChI is InChI=1S/C16H17FN2O/c1-2-15(11-6-8-13(17)9-7-11)19-14-5-3-4-12(10-14)16(18)20/h3-10,15,19H,2H2,1H3,(H2,18,20). The van der Waals surface area contributed by atoms with Crippen LogP contribution in [-0.4, -0.2) is 5.91 Å². The van der Waals surface area contributed by atoms with E-state index in [0.29, 0.717) is 5.56 Å². The number of amides is 1. The summed E-state index contributed by atoms with van der Waals surface area (Å²) in [6, 6.07) is 13.5. The van der Waals surface area contributed by atoms with Gasteiger partial charge in [0.1, 0.15) is 5.82 Å². The highest BCUT2D eigenvalue weighted by atomic mass is 19.1. The van der Waals surface area contributed by atoms with Crippen LogP contribution in [0.1, 0.15) is 35.3 Å². The molecule has 2 aromatic carbocycles. The number of rotatable bonds is 5. The Balaban J connectivity index is 2.19. The molecular formula is C16H17FN2O. The monoisotopic (exact) mass is 272 g/mol. The second-order valence-corrected chi connectivity index (χ2v) is 4.60. The van der Waals surface area contributed by atoms with Gasteiger partial charge < -0.3 is 11.1 Å². The Morgan fingerprint density at radius 1 is 1.25 bits per heavy atom. The molecule has 2 aromatic rings. The molecule has 3 nitrogen and oxygen atoms in total. The molecule has 0 heterocycles. The molecule has 0 fully saturated rings. The first-order valence-electron chi connectivity index (χ1n) is 6.52. The number of nitrogens with two attached hydrogens (primary N) is 1. The summed E-state index contributed by atoms with van der Waals surface area (Å²) in [5.41, 5.74) is 7.54. The van der Waals surface area contributed by atoms with Gasteiger partial charge in [0.25, 0.3) is 0 Å². The normalized spacial score (nSPS) is 11.9. The minimum atomic E-state index is -0.455. The van der Waals surface area contributed by atoms with Crippen molar-refractivity contribution >= 4 is 11.6 Å². The molecule has 20 heavy (non-hydrogen) atoms. The van der Waals surface area contributed by atoms with E-state index in [0.717, 1.165) is 17.7 Å². The van der Waals surface area contributed by atoms with E-state index in [1.54, 1.807) is 30.3 Å². The van der Waals surface area contributed by atoms with Gasteiger partial charge in [-0.05, 0) is 42.3 Å². The van der Waals surface area contributed by atoms with Gasteiger partial charge in [0, 0.05) is 11.3 Å². The van der Waals surface area contributed by atoms with Gasteiger partial charge in [-0.15, -0.1) is 0 Å². The number of hydrogen-bond acceptors (Lipinski definition) is 2. The van der Waals surface area contributed by atoms with E-state index in [1.807, 2.05) is 13.0 Å². The lowest BCUT2D eigenvalue weighted by atomic mass is 10.0. The van der Waals surface area contributed by atoms with E-state index in [2.05, 4.69) is 5.32 Å². The van der Waals surface area contributed by atoms with Crippen LogP contribution in [0.3, 0.4) is 0 Å². The van der Waals surface area contributed by atoms with Gasteiger partial charge in [-0.25, -0.2) is 4.39 Å². The summed E-state index contributed by atoms with van der Waals surface area (Å²) in [6.45, 7) is 2.04. The summed E-state index contributed by atoms with van der Waals surface area (Å²) in [4.78, 5) is 11.2. The molecule has 4 heteroatoms. The largest absolute Gasteiger partial charge is 0.378 e. The van der Waals surface area contributed by atoms with Crippen LogP contribution in [-0.2, 0) is 0 Å². The van der Waals surface area contributed by atoms with Crippen LogP contribution in [0.15, 0.2) is 48.5 Å². The lowest BCUT2D eigenvalue weighted by Crippen LogP contribution is -2.13. The molecule has 0 spiro atoms. The molecule has 0 aromatic heterocycles. The zero-order chi connectivity index (χ0) is 14.5. The topological polar surface area (TPSA) is 55.1 Å². The molecule has 0 aliphatic rings. The average Bonchev–Trinajstić information content (AvgIpc) is 2.46. The highest BCUT2D eigenvalue weighted by molar-refractivity contribution is 5.93. The third kappa shape index (κ3) is 3.35. The van der Waals surface area contributed by atoms with Gasteiger partial charge in [-0.1, -0.05) is 25.1 Å². The van der Waals surface area contributed by atoms with Crippen LogP contribution >= 0.6 is 0 Å². The van der Waals surface area contributed by atoms with Crippen molar-refractivity contribution in [1.82, 2.24) is 0 Å². The Bertz CT molecular complexity index is 596. The van der Waals surface area contributed by atoms with E-state index in [1.165, 1.54) is 12.1 Å². The predicted octanol–water partition coefficient (Wildman–Crippen LogP) is 3.49. The summed E-state index contributed by atoms with van der Waals surface area (Å²) in [5.74, 6) is -0.706. The molecule has 3 N–H and O–H groups in total. The van der Waals surface area contributed by atoms with E-state index < -0.39 is 5.91 Å². The molecule has 1 amide bonds. The third-order valence-corrected chi connectivity index (χ3v) is 3.17. The van der Waals surface area contributed by atoms with Crippen molar-refractivity contribution in [3.05, 3.63) is 65.5 Å². The SMILES string of the molecule is CCC(Nc1cccc(C(N)=O)c1)c1ccc(F)cc1. The van der Waals surface area contributed by atoms with Crippen LogP contribution < -0.4 is 11.1 Å². The zero-order valence-electron chi connectivity index (χ0n) is 11.3. The predicted molar refractivity (Wildman–Crippen MR) is 78.0 cm³/mol. The fraction of sp³-hybridized carbons (Fsp3) is 0.188. The molecule has 0 aliphatic carbocycles. The van der Waals surface area contributed by atoms with Gasteiger partial charge in [0.15, 0.2) is 0 Å². The lowest BCUT2D eigenvalue weighted by molar-refractivity contribution is 0.100. The number of primary amides is 1. The van der Waals surface area contributed by atoms with E-state index >= 15 is 0 Å². The summed E-state index contributed by atoms with van der Waals surface area (Å²) in [5, 5.41) is 3.33. The minimum absolute atomic E-state index is 0.0544. The van der Waals surface area contributed by atoms with Crippen LogP contribution in [0.4, 0.5) is 10.1 Å². The van der Waals surface area contributed by atoms with Crippen LogP contribution in [0, 0.1) is 5.82 Å². The maximum atomic E-state index is 13.0. The zero-order valence-corrected chi connectivity index (χ0v) is 11.3. The van der Waals surface area contributed by atoms with Gasteiger partial charge in [-0.3, -0.25) is 4.79 Å². The van der Waals surface area contributed by atoms with Gasteiger partial charge >= 0.3 is 0 Å². The van der Waals surface area contributed by atoms with Gasteiger partial charge in [0.05, 0.1) is 6.04 Å². The second-order valence-electron chi connectivity index (χ2n) is 4.60. The molecular weight excluding hydrogens is 255 g/mol. The molecule has 0 bridgehead atoms. The summed E-state index contributed by atoms with van der Waals surface area (Å²) in [6.07, 6.45) is 0.840. The molecule has 0 saturated heterocycles. The van der Waals surface area contributed by atoms with E-state index in [9.17, 15) is 9.18 Å². The van der Waals surface area contributed by atoms with Crippen LogP contribution in [0.2, 0.25) is 0 Å². The van der Waals surface area contributed by atoms with Gasteiger partial charge in [-0.2, -0.15) is 0 Å². The minimum Gasteiger partial charge on any atom is -0.378 e. The Labute approximate surface area is 117 Å². The molecule has 0 saturated carbocycles. The summed E-state index contributed by atoms with van der Waals surface area (Å²) >= 11 is 0. The molecule has 0 aliphatic heterocycles. The Hall–Kier alpha value is -2.36. The molecule has 1 unspecified atom stereocenters. The number of carbonyl (C=O) groups is 1. The number of carbonyl (C=O) groups excluding carboxylic acids is 1. The molecule has 0 radical (unpaired) electrons. The molecule has 1 atom stereocenters. The Morgan fingerprint density at radius 3 is 2.55 bits per heavy atom. The number of nitrogens with one attached hydrogen (secondary N) is 1. The Morgan fingerprint density at radius 2 is 1.95 bits per heavy atom. The fourth-order valence-electron chi connectivity index (χ4n) is 2.08. The summed E-state index contributed by atoms with van der Waals surface area (Å²) in [7, 11) is 0. The van der Waals surface area contributed by atoms with Crippen molar-refractivity contribution in [2.75, 3.05) is 5.32 Å². The van der Waals surface area contributed by atoms with Gasteiger partial charge in [0.2, 0.25) is 5.91 Å². The van der Waals surface area contributed by atoms with E-state index in [-0.39, 0.29) is 11.9 Å². The number of benzene rings is 2. The van der Waals surface area contributed by atoms with E-state index in [4.69, 9.17) is 5.73 Å². The Kier molecular flexibility index (Phi) is 4.35. The van der Waals surface area contributed by atoms with Crippen molar-refractivity contribution in [2.24, 2.45) is 5.73 Å². The first-order chi connectivity index (χ1) is 9.60. The van der Waals surface area contributed by atoms with Crippen LogP contribution in [0.25, 0.3) is 0 Å². The second kappa shape index (κ2) is 6.19. The molecule has 2 rings (SSSR count). The summed E-state index contributed by atoms with van der Waals surface area (Å²) < 4.78 is 13.0. The van der Waals surface area contributed by atoms with Crippen molar-refractivity contribution < 1.29 is 9.18 Å². The first-order valence-corrected chi connectivity index (χ1v) is 6.52. The van der Waals surface area contributed by atoms with Crippen molar-refractivity contribution in [2.45, 2.75) is 19.4 Å². The van der Waals surface area contributed by atoms with Crippen molar-refractivity contribution in [3.63, 3.8) is 0 Å². The smallest absolute Gasteiger partial charge is 0.248 e. The first kappa shape index (κ1) is 14.1. The third-order valence-electron chi connectivity index (χ3n) is 3.17. The van der Waals surface area contributed by atoms with Crippen molar-refractivity contribution in [1.29, 1.82) is 0 Å². The number of hydrogen-bond donors (Lipinski definition) is 2. The highest BCUT2D eigenvalue weighted by Gasteiger charge is 2.10. The average molecular weight is 272 g/mol. The quantitative estimate of drug-likeness (QED) is 0.875. The fourth-order valence-corrected chi connectivity index (χ4v) is 2.08. The maximum absolute atomic E-state index is 13.0. The number of anilines is 1. The molecule has 104 valence electrons. The van der Waals surface area contributed by atoms with Crippen molar-refractivity contribution in [3.8, 4) is 0 Å². The number of halogens is 1. The van der Waals surface area contributed by atoms with Crippen LogP contribution in [0.5, 0.6) is 0 Å². The maximum Gasteiger partial charge on any atom is 0.248 e. The highest BCUT2D eigenvalue weighted by Crippen LogP contribution is 2.23.